The molecule has 0 amide bonds. The first-order valence-electron chi connectivity index (χ1n) is 6.47. The number of H-pyrrole nitrogens is 1. The van der Waals surface area contributed by atoms with Gasteiger partial charge in [0, 0.05) is 6.54 Å². The predicted molar refractivity (Wildman–Crippen MR) is 82.3 cm³/mol. The lowest BCUT2D eigenvalue weighted by atomic mass is 10.0. The minimum atomic E-state index is 0.0403. The second-order valence-corrected chi connectivity index (χ2v) is 7.81. The molecule has 0 saturated heterocycles. The molecule has 19 heavy (non-hydrogen) atoms. The molecule has 3 rings (SSSR count). The van der Waals surface area contributed by atoms with Gasteiger partial charge >= 0.3 is 0 Å². The van der Waals surface area contributed by atoms with E-state index in [9.17, 15) is 4.79 Å². The molecule has 1 aliphatic carbocycles. The van der Waals surface area contributed by atoms with Gasteiger partial charge < -0.3 is 4.98 Å². The zero-order valence-corrected chi connectivity index (χ0v) is 13.2. The molecule has 3 nitrogen and oxygen atoms in total. The number of thiophene rings is 1. The smallest absolute Gasteiger partial charge is 0.263 e. The van der Waals surface area contributed by atoms with Crippen LogP contribution in [0.2, 0.25) is 0 Å². The van der Waals surface area contributed by atoms with Crippen LogP contribution in [-0.2, 0) is 6.54 Å². The van der Waals surface area contributed by atoms with Gasteiger partial charge in [-0.1, -0.05) is 27.7 Å². The van der Waals surface area contributed by atoms with E-state index in [2.05, 4.69) is 32.7 Å². The summed E-state index contributed by atoms with van der Waals surface area (Å²) in [4.78, 5) is 16.5. The zero-order chi connectivity index (χ0) is 14.0. The van der Waals surface area contributed by atoms with E-state index in [1.807, 2.05) is 11.4 Å². The fourth-order valence-electron chi connectivity index (χ4n) is 3.11. The summed E-state index contributed by atoms with van der Waals surface area (Å²) >= 11 is 6.87. The van der Waals surface area contributed by atoms with Crippen LogP contribution in [0.1, 0.15) is 27.7 Å². The Labute approximate surface area is 121 Å². The third kappa shape index (κ3) is 1.68. The maximum atomic E-state index is 12.5. The summed E-state index contributed by atoms with van der Waals surface area (Å²) in [5.41, 5.74) is 0.564. The van der Waals surface area contributed by atoms with Gasteiger partial charge in [-0.3, -0.25) is 9.36 Å². The van der Waals surface area contributed by atoms with Crippen molar-refractivity contribution in [3.63, 3.8) is 0 Å². The number of aromatic amines is 1. The van der Waals surface area contributed by atoms with Crippen LogP contribution in [0.4, 0.5) is 0 Å². The summed E-state index contributed by atoms with van der Waals surface area (Å²) in [7, 11) is 0. The van der Waals surface area contributed by atoms with Gasteiger partial charge in [0.15, 0.2) is 4.77 Å². The average Bonchev–Trinajstić information content (AvgIpc) is 2.70. The third-order valence-electron chi connectivity index (χ3n) is 5.29. The van der Waals surface area contributed by atoms with Gasteiger partial charge in [-0.05, 0) is 40.4 Å². The lowest BCUT2D eigenvalue weighted by Gasteiger charge is -2.07. The summed E-state index contributed by atoms with van der Waals surface area (Å²) in [5, 5.41) is 2.67. The van der Waals surface area contributed by atoms with Crippen molar-refractivity contribution in [1.82, 2.24) is 9.55 Å². The molecule has 0 aromatic carbocycles. The standard InChI is InChI=1S/C14H18N2OS2/c1-13(2)9(14(13,3)4)7-16-11(17)8-5-6-19-10(8)15-12(16)18/h5-6,9H,7H2,1-4H3,(H,15,18). The first-order chi connectivity index (χ1) is 8.76. The van der Waals surface area contributed by atoms with Gasteiger partial charge in [0.2, 0.25) is 0 Å². The molecule has 5 heteroatoms. The largest absolute Gasteiger partial charge is 0.323 e. The third-order valence-corrected chi connectivity index (χ3v) is 6.44. The second kappa shape index (κ2) is 3.79. The number of nitrogens with one attached hydrogen (secondary N) is 1. The van der Waals surface area contributed by atoms with Crippen LogP contribution in [0.3, 0.4) is 0 Å². The molecule has 0 bridgehead atoms. The Morgan fingerprint density at radius 3 is 2.58 bits per heavy atom. The van der Waals surface area contributed by atoms with Crippen LogP contribution >= 0.6 is 23.6 Å². The van der Waals surface area contributed by atoms with Crippen molar-refractivity contribution < 1.29 is 0 Å². The van der Waals surface area contributed by atoms with Crippen LogP contribution in [0.15, 0.2) is 16.2 Å². The highest BCUT2D eigenvalue weighted by Crippen LogP contribution is 2.68. The van der Waals surface area contributed by atoms with E-state index in [4.69, 9.17) is 12.2 Å². The Balaban J connectivity index is 2.08. The van der Waals surface area contributed by atoms with Gasteiger partial charge in [0.05, 0.1) is 5.39 Å². The monoisotopic (exact) mass is 294 g/mol. The highest BCUT2D eigenvalue weighted by Gasteiger charge is 2.64. The summed E-state index contributed by atoms with van der Waals surface area (Å²) in [6.07, 6.45) is 0. The molecule has 0 aliphatic heterocycles. The van der Waals surface area contributed by atoms with E-state index in [0.29, 0.717) is 17.2 Å². The molecule has 2 aromatic rings. The maximum absolute atomic E-state index is 12.5. The first-order valence-corrected chi connectivity index (χ1v) is 7.76. The molecule has 1 saturated carbocycles. The number of rotatable bonds is 2. The topological polar surface area (TPSA) is 37.8 Å². The van der Waals surface area contributed by atoms with Crippen molar-refractivity contribution in [2.24, 2.45) is 16.7 Å². The fraction of sp³-hybridized carbons (Fsp3) is 0.571. The Bertz CT molecular complexity index is 750. The normalized spacial score (nSPS) is 20.8. The SMILES string of the molecule is CC1(C)C(Cn2c(=S)[nH]c3sccc3c2=O)C1(C)C. The van der Waals surface area contributed by atoms with Crippen LogP contribution in [0.25, 0.3) is 10.2 Å². The Hall–Kier alpha value is -0.940. The first kappa shape index (κ1) is 13.1. The van der Waals surface area contributed by atoms with E-state index in [0.717, 1.165) is 10.2 Å². The highest BCUT2D eigenvalue weighted by atomic mass is 32.1. The molecule has 1 N–H and O–H groups in total. The van der Waals surface area contributed by atoms with Gasteiger partial charge in [-0.25, -0.2) is 0 Å². The van der Waals surface area contributed by atoms with E-state index in [1.54, 1.807) is 4.57 Å². The molecule has 2 heterocycles. The van der Waals surface area contributed by atoms with Crippen LogP contribution < -0.4 is 5.56 Å². The average molecular weight is 294 g/mol. The number of nitrogens with zero attached hydrogens (tertiary/aromatic N) is 1. The molecule has 102 valence electrons. The fourth-order valence-corrected chi connectivity index (χ4v) is 4.22. The van der Waals surface area contributed by atoms with E-state index < -0.39 is 0 Å². The number of hydrogen-bond donors (Lipinski definition) is 1. The van der Waals surface area contributed by atoms with Crippen LogP contribution in [0.5, 0.6) is 0 Å². The van der Waals surface area contributed by atoms with Gasteiger partial charge in [-0.15, -0.1) is 11.3 Å². The molecule has 0 unspecified atom stereocenters. The Morgan fingerprint density at radius 1 is 1.37 bits per heavy atom. The highest BCUT2D eigenvalue weighted by molar-refractivity contribution is 7.71. The van der Waals surface area contributed by atoms with Gasteiger partial charge in [0.1, 0.15) is 4.83 Å². The predicted octanol–water partition coefficient (Wildman–Crippen LogP) is 3.80. The molecule has 1 fully saturated rings. The Morgan fingerprint density at radius 2 is 2.00 bits per heavy atom. The molecule has 0 radical (unpaired) electrons. The minimum absolute atomic E-state index is 0.0403. The molecule has 0 atom stereocenters. The molecular formula is C14H18N2OS2. The van der Waals surface area contributed by atoms with Crippen molar-refractivity contribution in [3.8, 4) is 0 Å². The summed E-state index contributed by atoms with van der Waals surface area (Å²) in [6, 6.07) is 1.87. The lowest BCUT2D eigenvalue weighted by Crippen LogP contribution is -2.23. The summed E-state index contributed by atoms with van der Waals surface area (Å²) in [6.45, 7) is 9.76. The molecule has 1 aliphatic rings. The van der Waals surface area contributed by atoms with Crippen molar-refractivity contribution >= 4 is 33.8 Å². The minimum Gasteiger partial charge on any atom is -0.323 e. The Kier molecular flexibility index (Phi) is 2.61. The quantitative estimate of drug-likeness (QED) is 0.855. The molecule has 2 aromatic heterocycles. The van der Waals surface area contributed by atoms with Crippen molar-refractivity contribution in [1.29, 1.82) is 0 Å². The van der Waals surface area contributed by atoms with E-state index in [-0.39, 0.29) is 16.4 Å². The van der Waals surface area contributed by atoms with Crippen LogP contribution in [-0.4, -0.2) is 9.55 Å². The molecular weight excluding hydrogens is 276 g/mol. The van der Waals surface area contributed by atoms with E-state index in [1.165, 1.54) is 11.3 Å². The molecule has 0 spiro atoms. The summed E-state index contributed by atoms with van der Waals surface area (Å²) in [5.74, 6) is 0.490. The number of aromatic nitrogens is 2. The van der Waals surface area contributed by atoms with Gasteiger partial charge in [0.25, 0.3) is 5.56 Å². The number of hydrogen-bond acceptors (Lipinski definition) is 3. The van der Waals surface area contributed by atoms with Crippen molar-refractivity contribution in [2.45, 2.75) is 34.2 Å². The lowest BCUT2D eigenvalue weighted by molar-refractivity contribution is 0.457. The van der Waals surface area contributed by atoms with Crippen molar-refractivity contribution in [3.05, 3.63) is 26.6 Å². The second-order valence-electron chi connectivity index (χ2n) is 6.51. The maximum Gasteiger partial charge on any atom is 0.263 e. The van der Waals surface area contributed by atoms with Crippen molar-refractivity contribution in [2.75, 3.05) is 0 Å². The van der Waals surface area contributed by atoms with Crippen LogP contribution in [0, 0.1) is 21.5 Å². The summed E-state index contributed by atoms with van der Waals surface area (Å²) < 4.78 is 2.27. The van der Waals surface area contributed by atoms with Gasteiger partial charge in [-0.2, -0.15) is 0 Å². The zero-order valence-electron chi connectivity index (χ0n) is 11.6. The number of fused-ring (bicyclic) bond motifs is 1. The van der Waals surface area contributed by atoms with E-state index >= 15 is 0 Å².